The summed E-state index contributed by atoms with van der Waals surface area (Å²) in [6, 6.07) is 8.98. The van der Waals surface area contributed by atoms with Gasteiger partial charge in [0, 0.05) is 16.4 Å². The molecule has 3 aromatic rings. The molecule has 0 aliphatic rings. The number of benzene rings is 2. The molecule has 1 heterocycles. The van der Waals surface area contributed by atoms with Crippen LogP contribution in [0.4, 0.5) is 33.1 Å². The molecule has 0 amide bonds. The van der Waals surface area contributed by atoms with Gasteiger partial charge in [-0.15, -0.1) is 0 Å². The van der Waals surface area contributed by atoms with Gasteiger partial charge in [-0.1, -0.05) is 29.3 Å². The quantitative estimate of drug-likeness (QED) is 0.420. The Balaban J connectivity index is 2.01. The highest BCUT2D eigenvalue weighted by molar-refractivity contribution is 6.31. The van der Waals surface area contributed by atoms with Crippen LogP contribution in [0, 0.1) is 22.9 Å². The average Bonchev–Trinajstić information content (AvgIpc) is 2.62. The highest BCUT2D eigenvalue weighted by Crippen LogP contribution is 2.35. The van der Waals surface area contributed by atoms with Crippen molar-refractivity contribution in [2.45, 2.75) is 6.92 Å². The summed E-state index contributed by atoms with van der Waals surface area (Å²) < 4.78 is 13.3. The molecule has 10 heteroatoms. The second-order valence-electron chi connectivity index (χ2n) is 5.47. The Morgan fingerprint density at radius 3 is 2.44 bits per heavy atom. The Hall–Kier alpha value is -2.97. The van der Waals surface area contributed by atoms with E-state index in [0.29, 0.717) is 22.0 Å². The number of aromatic nitrogens is 2. The molecule has 138 valence electrons. The predicted octanol–water partition coefficient (Wildman–Crippen LogP) is 5.63. The van der Waals surface area contributed by atoms with Crippen LogP contribution in [0.25, 0.3) is 0 Å². The van der Waals surface area contributed by atoms with Crippen LogP contribution in [0.3, 0.4) is 0 Å². The molecule has 3 rings (SSSR count). The van der Waals surface area contributed by atoms with Gasteiger partial charge >= 0.3 is 5.69 Å². The lowest BCUT2D eigenvalue weighted by Gasteiger charge is -2.12. The Morgan fingerprint density at radius 1 is 1.07 bits per heavy atom. The summed E-state index contributed by atoms with van der Waals surface area (Å²) in [4.78, 5) is 18.9. The van der Waals surface area contributed by atoms with Crippen LogP contribution >= 0.6 is 23.2 Å². The van der Waals surface area contributed by atoms with Gasteiger partial charge in [0.25, 0.3) is 0 Å². The molecule has 2 aromatic carbocycles. The van der Waals surface area contributed by atoms with Crippen molar-refractivity contribution >= 4 is 51.9 Å². The van der Waals surface area contributed by atoms with Gasteiger partial charge in [0.15, 0.2) is 0 Å². The fraction of sp³-hybridized carbons (Fsp3) is 0.0588. The molecular weight excluding hydrogens is 396 g/mol. The molecule has 0 spiro atoms. The molecule has 0 saturated heterocycles. The van der Waals surface area contributed by atoms with Gasteiger partial charge in [0.2, 0.25) is 11.6 Å². The number of nitrogens with one attached hydrogen (secondary N) is 2. The van der Waals surface area contributed by atoms with E-state index >= 15 is 0 Å². The summed E-state index contributed by atoms with van der Waals surface area (Å²) >= 11 is 11.8. The SMILES string of the molecule is Cc1c(Cl)cccc1Nc1ncnc(Nc2ccc(F)c(Cl)c2)c1[N+](=O)[O-]. The Bertz CT molecular complexity index is 1030. The Morgan fingerprint density at radius 2 is 1.78 bits per heavy atom. The minimum absolute atomic E-state index is 0.0175. The Labute approximate surface area is 163 Å². The summed E-state index contributed by atoms with van der Waals surface area (Å²) in [5.74, 6) is -0.686. The number of hydrogen-bond donors (Lipinski definition) is 2. The monoisotopic (exact) mass is 407 g/mol. The predicted molar refractivity (Wildman–Crippen MR) is 103 cm³/mol. The summed E-state index contributed by atoms with van der Waals surface area (Å²) in [5.41, 5.74) is 1.25. The maximum absolute atomic E-state index is 13.3. The molecule has 0 aliphatic carbocycles. The molecule has 0 saturated carbocycles. The van der Waals surface area contributed by atoms with Crippen LogP contribution in [0.15, 0.2) is 42.7 Å². The second kappa shape index (κ2) is 7.73. The summed E-state index contributed by atoms with van der Waals surface area (Å²) in [7, 11) is 0. The number of halogens is 3. The van der Waals surface area contributed by atoms with Crippen LogP contribution in [-0.4, -0.2) is 14.9 Å². The second-order valence-corrected chi connectivity index (χ2v) is 6.28. The van der Waals surface area contributed by atoms with Gasteiger partial charge in [-0.2, -0.15) is 0 Å². The number of hydrogen-bond acceptors (Lipinski definition) is 6. The molecule has 0 unspecified atom stereocenters. The standard InChI is InChI=1S/C17H12Cl2FN5O2/c1-9-11(18)3-2-4-14(9)24-17-15(25(26)27)16(21-8-22-17)23-10-5-6-13(20)12(19)7-10/h2-8H,1H3,(H2,21,22,23,24). The third kappa shape index (κ3) is 4.07. The van der Waals surface area contributed by atoms with Crippen molar-refractivity contribution in [3.8, 4) is 0 Å². The number of rotatable bonds is 5. The largest absolute Gasteiger partial charge is 0.353 e. The van der Waals surface area contributed by atoms with E-state index in [2.05, 4.69) is 20.6 Å². The first-order valence-electron chi connectivity index (χ1n) is 7.60. The topological polar surface area (TPSA) is 93.0 Å². The van der Waals surface area contributed by atoms with Crippen molar-refractivity contribution in [3.05, 3.63) is 74.3 Å². The summed E-state index contributed by atoms with van der Waals surface area (Å²) in [6.45, 7) is 1.78. The molecule has 0 aliphatic heterocycles. The zero-order valence-corrected chi connectivity index (χ0v) is 15.3. The van der Waals surface area contributed by atoms with Crippen molar-refractivity contribution < 1.29 is 9.31 Å². The van der Waals surface area contributed by atoms with Crippen LogP contribution in [-0.2, 0) is 0 Å². The summed E-state index contributed by atoms with van der Waals surface area (Å²) in [5, 5.41) is 17.7. The van der Waals surface area contributed by atoms with Crippen LogP contribution in [0.1, 0.15) is 5.56 Å². The van der Waals surface area contributed by atoms with Crippen LogP contribution in [0.5, 0.6) is 0 Å². The van der Waals surface area contributed by atoms with Gasteiger partial charge in [-0.05, 0) is 42.8 Å². The smallest absolute Gasteiger partial charge is 0.334 e. The summed E-state index contributed by atoms with van der Waals surface area (Å²) in [6.07, 6.45) is 1.17. The third-order valence-corrected chi connectivity index (χ3v) is 4.41. The molecule has 0 radical (unpaired) electrons. The molecule has 7 nitrogen and oxygen atoms in total. The van der Waals surface area contributed by atoms with E-state index in [1.165, 1.54) is 18.5 Å². The van der Waals surface area contributed by atoms with E-state index in [9.17, 15) is 14.5 Å². The van der Waals surface area contributed by atoms with E-state index in [-0.39, 0.29) is 22.3 Å². The van der Waals surface area contributed by atoms with Crippen molar-refractivity contribution in [2.24, 2.45) is 0 Å². The molecule has 0 bridgehead atoms. The Kier molecular flexibility index (Phi) is 5.38. The lowest BCUT2D eigenvalue weighted by atomic mass is 10.2. The molecule has 0 atom stereocenters. The van der Waals surface area contributed by atoms with Crippen molar-refractivity contribution in [1.82, 2.24) is 9.97 Å². The zero-order chi connectivity index (χ0) is 19.6. The van der Waals surface area contributed by atoms with Crippen molar-refractivity contribution in [3.63, 3.8) is 0 Å². The van der Waals surface area contributed by atoms with E-state index in [1.54, 1.807) is 25.1 Å². The average molecular weight is 408 g/mol. The van der Waals surface area contributed by atoms with Crippen molar-refractivity contribution in [2.75, 3.05) is 10.6 Å². The fourth-order valence-corrected chi connectivity index (χ4v) is 2.67. The lowest BCUT2D eigenvalue weighted by molar-refractivity contribution is -0.383. The van der Waals surface area contributed by atoms with Gasteiger partial charge < -0.3 is 10.6 Å². The first-order chi connectivity index (χ1) is 12.9. The maximum Gasteiger partial charge on any atom is 0.353 e. The van der Waals surface area contributed by atoms with Gasteiger partial charge in [-0.25, -0.2) is 14.4 Å². The number of nitro groups is 1. The minimum atomic E-state index is -0.615. The van der Waals surface area contributed by atoms with E-state index < -0.39 is 10.7 Å². The number of anilines is 4. The normalized spacial score (nSPS) is 10.5. The molecule has 0 fully saturated rings. The van der Waals surface area contributed by atoms with E-state index in [0.717, 1.165) is 6.07 Å². The molecule has 1 aromatic heterocycles. The highest BCUT2D eigenvalue weighted by Gasteiger charge is 2.24. The molecule has 27 heavy (non-hydrogen) atoms. The number of nitrogens with zero attached hydrogens (tertiary/aromatic N) is 3. The van der Waals surface area contributed by atoms with E-state index in [4.69, 9.17) is 23.2 Å². The first-order valence-corrected chi connectivity index (χ1v) is 8.36. The van der Waals surface area contributed by atoms with E-state index in [1.807, 2.05) is 0 Å². The minimum Gasteiger partial charge on any atom is -0.334 e. The first kappa shape index (κ1) is 18.8. The lowest BCUT2D eigenvalue weighted by Crippen LogP contribution is -2.06. The van der Waals surface area contributed by atoms with Crippen LogP contribution in [0.2, 0.25) is 10.0 Å². The highest BCUT2D eigenvalue weighted by atomic mass is 35.5. The maximum atomic E-state index is 13.3. The van der Waals surface area contributed by atoms with Gasteiger partial charge in [-0.3, -0.25) is 10.1 Å². The fourth-order valence-electron chi connectivity index (χ4n) is 2.32. The van der Waals surface area contributed by atoms with Crippen molar-refractivity contribution in [1.29, 1.82) is 0 Å². The molecular formula is C17H12Cl2FN5O2. The third-order valence-electron chi connectivity index (χ3n) is 3.71. The van der Waals surface area contributed by atoms with Gasteiger partial charge in [0.1, 0.15) is 12.1 Å². The zero-order valence-electron chi connectivity index (χ0n) is 13.8. The molecule has 2 N–H and O–H groups in total. The van der Waals surface area contributed by atoms with Crippen LogP contribution < -0.4 is 10.6 Å². The van der Waals surface area contributed by atoms with Gasteiger partial charge in [0.05, 0.1) is 9.95 Å².